The summed E-state index contributed by atoms with van der Waals surface area (Å²) in [5, 5.41) is 2.63. The third-order valence-corrected chi connectivity index (χ3v) is 4.20. The molecule has 0 radical (unpaired) electrons. The summed E-state index contributed by atoms with van der Waals surface area (Å²) in [6.07, 6.45) is 10.7. The first-order valence-electron chi connectivity index (χ1n) is 6.80. The van der Waals surface area contributed by atoms with Gasteiger partial charge in [0.25, 0.3) is 0 Å². The average molecular weight is 234 g/mol. The number of fused-ring (bicyclic) bond motifs is 1. The van der Waals surface area contributed by atoms with Gasteiger partial charge in [0.05, 0.1) is 0 Å². The van der Waals surface area contributed by atoms with E-state index >= 15 is 0 Å². The van der Waals surface area contributed by atoms with Crippen molar-refractivity contribution in [2.24, 2.45) is 11.8 Å². The number of hydrogen-bond donors (Lipinski definition) is 0. The molecule has 0 nitrogen and oxygen atoms in total. The van der Waals surface area contributed by atoms with Crippen LogP contribution in [0.25, 0.3) is 10.8 Å². The molecule has 1 unspecified atom stereocenters. The molecule has 1 aliphatic carbocycles. The maximum atomic E-state index is 5.69. The maximum absolute atomic E-state index is 5.69. The molecule has 0 saturated heterocycles. The van der Waals surface area contributed by atoms with Crippen molar-refractivity contribution in [2.45, 2.75) is 25.7 Å². The van der Waals surface area contributed by atoms with Crippen molar-refractivity contribution in [2.75, 3.05) is 0 Å². The van der Waals surface area contributed by atoms with E-state index in [1.165, 1.54) is 35.6 Å². The van der Waals surface area contributed by atoms with Crippen molar-refractivity contribution in [3.63, 3.8) is 0 Å². The SMILES string of the molecule is C#CC(Cc1ccc2ccccc2c1)C1CCC1. The Morgan fingerprint density at radius 3 is 2.56 bits per heavy atom. The molecule has 0 heteroatoms. The molecule has 2 aromatic rings. The van der Waals surface area contributed by atoms with Gasteiger partial charge < -0.3 is 0 Å². The Balaban J connectivity index is 1.83. The van der Waals surface area contributed by atoms with E-state index in [1.807, 2.05) is 0 Å². The molecule has 3 rings (SSSR count). The van der Waals surface area contributed by atoms with Crippen LogP contribution in [0.15, 0.2) is 42.5 Å². The van der Waals surface area contributed by atoms with Crippen LogP contribution in [-0.4, -0.2) is 0 Å². The van der Waals surface area contributed by atoms with Gasteiger partial charge in [-0.15, -0.1) is 12.3 Å². The van der Waals surface area contributed by atoms with E-state index in [0.29, 0.717) is 5.92 Å². The van der Waals surface area contributed by atoms with Crippen LogP contribution in [-0.2, 0) is 6.42 Å². The van der Waals surface area contributed by atoms with E-state index in [1.54, 1.807) is 0 Å². The molecule has 1 aliphatic rings. The zero-order chi connectivity index (χ0) is 12.4. The first-order valence-corrected chi connectivity index (χ1v) is 6.80. The Bertz CT molecular complexity index is 584. The van der Waals surface area contributed by atoms with Crippen molar-refractivity contribution in [3.8, 4) is 12.3 Å². The first kappa shape index (κ1) is 11.4. The summed E-state index contributed by atoms with van der Waals surface area (Å²) in [6.45, 7) is 0. The topological polar surface area (TPSA) is 0 Å². The smallest absolute Gasteiger partial charge is 0.0268 e. The minimum Gasteiger partial charge on any atom is -0.120 e. The first-order chi connectivity index (χ1) is 8.86. The Kier molecular flexibility index (Phi) is 3.07. The molecular formula is C18H18. The van der Waals surface area contributed by atoms with Gasteiger partial charge in [-0.2, -0.15) is 0 Å². The van der Waals surface area contributed by atoms with Gasteiger partial charge in [0.2, 0.25) is 0 Å². The predicted molar refractivity (Wildman–Crippen MR) is 77.3 cm³/mol. The second-order valence-corrected chi connectivity index (χ2v) is 5.35. The molecule has 2 aromatic carbocycles. The lowest BCUT2D eigenvalue weighted by molar-refractivity contribution is 0.247. The molecule has 1 atom stereocenters. The largest absolute Gasteiger partial charge is 0.120 e. The van der Waals surface area contributed by atoms with E-state index in [9.17, 15) is 0 Å². The van der Waals surface area contributed by atoms with Crippen LogP contribution in [0.4, 0.5) is 0 Å². The number of benzene rings is 2. The van der Waals surface area contributed by atoms with Crippen LogP contribution in [0.5, 0.6) is 0 Å². The summed E-state index contributed by atoms with van der Waals surface area (Å²) in [6, 6.07) is 15.2. The van der Waals surface area contributed by atoms with Gasteiger partial charge in [0, 0.05) is 5.92 Å². The van der Waals surface area contributed by atoms with Gasteiger partial charge in [-0.1, -0.05) is 48.9 Å². The van der Waals surface area contributed by atoms with Crippen molar-refractivity contribution < 1.29 is 0 Å². The fraction of sp³-hybridized carbons (Fsp3) is 0.333. The fourth-order valence-electron chi connectivity index (χ4n) is 2.82. The average Bonchev–Trinajstić information content (AvgIpc) is 2.35. The highest BCUT2D eigenvalue weighted by molar-refractivity contribution is 5.82. The zero-order valence-corrected chi connectivity index (χ0v) is 10.6. The summed E-state index contributed by atoms with van der Waals surface area (Å²) >= 11 is 0. The molecule has 0 amide bonds. The van der Waals surface area contributed by atoms with Crippen LogP contribution >= 0.6 is 0 Å². The fourth-order valence-corrected chi connectivity index (χ4v) is 2.82. The molecule has 90 valence electrons. The number of terminal acetylenes is 1. The Labute approximate surface area is 109 Å². The monoisotopic (exact) mass is 234 g/mol. The maximum Gasteiger partial charge on any atom is 0.0268 e. The lowest BCUT2D eigenvalue weighted by Gasteiger charge is -2.30. The standard InChI is InChI=1S/C18H18/c1-2-15(16-8-5-9-16)12-14-10-11-17-6-3-4-7-18(17)13-14/h1,3-4,6-7,10-11,13,15-16H,5,8-9,12H2. The van der Waals surface area contributed by atoms with E-state index < -0.39 is 0 Å². The molecule has 0 heterocycles. The van der Waals surface area contributed by atoms with Crippen molar-refractivity contribution in [3.05, 3.63) is 48.0 Å². The second kappa shape index (κ2) is 4.86. The highest BCUT2D eigenvalue weighted by Gasteiger charge is 2.25. The zero-order valence-electron chi connectivity index (χ0n) is 10.6. The lowest BCUT2D eigenvalue weighted by atomic mass is 9.74. The van der Waals surface area contributed by atoms with E-state index in [4.69, 9.17) is 6.42 Å². The normalized spacial score (nSPS) is 17.1. The molecule has 18 heavy (non-hydrogen) atoms. The molecule has 0 N–H and O–H groups in total. The highest BCUT2D eigenvalue weighted by Crippen LogP contribution is 2.35. The molecule has 1 fully saturated rings. The Morgan fingerprint density at radius 1 is 1.11 bits per heavy atom. The summed E-state index contributed by atoms with van der Waals surface area (Å²) in [5.74, 6) is 4.20. The minimum atomic E-state index is 0.430. The molecule has 0 spiro atoms. The van der Waals surface area contributed by atoms with Crippen molar-refractivity contribution in [1.29, 1.82) is 0 Å². The van der Waals surface area contributed by atoms with Crippen LogP contribution in [0, 0.1) is 24.2 Å². The van der Waals surface area contributed by atoms with Gasteiger partial charge in [0.1, 0.15) is 0 Å². The van der Waals surface area contributed by atoms with E-state index in [2.05, 4.69) is 48.4 Å². The highest BCUT2D eigenvalue weighted by atomic mass is 14.3. The number of rotatable bonds is 3. The van der Waals surface area contributed by atoms with Gasteiger partial charge >= 0.3 is 0 Å². The van der Waals surface area contributed by atoms with Crippen LogP contribution in [0.3, 0.4) is 0 Å². The van der Waals surface area contributed by atoms with Crippen LogP contribution in [0.1, 0.15) is 24.8 Å². The molecule has 1 saturated carbocycles. The summed E-state index contributed by atoms with van der Waals surface area (Å²) in [5.41, 5.74) is 1.38. The van der Waals surface area contributed by atoms with E-state index in [-0.39, 0.29) is 0 Å². The van der Waals surface area contributed by atoms with Gasteiger partial charge in [-0.25, -0.2) is 0 Å². The molecule has 0 aromatic heterocycles. The second-order valence-electron chi connectivity index (χ2n) is 5.35. The lowest BCUT2D eigenvalue weighted by Crippen LogP contribution is -2.22. The minimum absolute atomic E-state index is 0.430. The summed E-state index contributed by atoms with van der Waals surface area (Å²) < 4.78 is 0. The third kappa shape index (κ3) is 2.14. The Hall–Kier alpha value is -1.74. The molecular weight excluding hydrogens is 216 g/mol. The van der Waals surface area contributed by atoms with Gasteiger partial charge in [-0.05, 0) is 41.5 Å². The quantitative estimate of drug-likeness (QED) is 0.689. The summed E-state index contributed by atoms with van der Waals surface area (Å²) in [4.78, 5) is 0. The van der Waals surface area contributed by atoms with Crippen LogP contribution < -0.4 is 0 Å². The van der Waals surface area contributed by atoms with Gasteiger partial charge in [-0.3, -0.25) is 0 Å². The van der Waals surface area contributed by atoms with Crippen molar-refractivity contribution >= 4 is 10.8 Å². The van der Waals surface area contributed by atoms with Crippen molar-refractivity contribution in [1.82, 2.24) is 0 Å². The third-order valence-electron chi connectivity index (χ3n) is 4.20. The van der Waals surface area contributed by atoms with Gasteiger partial charge in [0.15, 0.2) is 0 Å². The predicted octanol–water partition coefficient (Wildman–Crippen LogP) is 4.43. The number of hydrogen-bond acceptors (Lipinski definition) is 0. The Morgan fingerprint density at radius 2 is 1.89 bits per heavy atom. The van der Waals surface area contributed by atoms with Crippen LogP contribution in [0.2, 0.25) is 0 Å². The van der Waals surface area contributed by atoms with E-state index in [0.717, 1.165) is 12.3 Å². The molecule has 0 aliphatic heterocycles. The summed E-state index contributed by atoms with van der Waals surface area (Å²) in [7, 11) is 0. The molecule has 0 bridgehead atoms.